The third-order valence-electron chi connectivity index (χ3n) is 1.75. The fourth-order valence-corrected chi connectivity index (χ4v) is 0.961. The van der Waals surface area contributed by atoms with E-state index in [0.717, 1.165) is 0 Å². The molecule has 7 heteroatoms. The molecule has 3 atom stereocenters. The fourth-order valence-electron chi connectivity index (χ4n) is 0.961. The quantitative estimate of drug-likeness (QED) is 0.291. The minimum absolute atomic E-state index is 0.217. The maximum Gasteiger partial charge on any atom is 0.189 e. The van der Waals surface area contributed by atoms with Crippen LogP contribution in [0.4, 0.5) is 0 Å². The number of carbonyl (C=O) groups excluding carboxylic acids is 1. The lowest BCUT2D eigenvalue weighted by Crippen LogP contribution is -2.46. The Bertz CT molecular complexity index is 184. The molecule has 0 rings (SSSR count). The van der Waals surface area contributed by atoms with Gasteiger partial charge in [-0.05, 0) is 0 Å². The number of ether oxygens (including phenoxy) is 1. The summed E-state index contributed by atoms with van der Waals surface area (Å²) in [7, 11) is 0. The number of hydrogen-bond acceptors (Lipinski definition) is 7. The number of aliphatic hydroxyl groups excluding tert-OH is 5. The van der Waals surface area contributed by atoms with Crippen molar-refractivity contribution in [1.82, 2.24) is 0 Å². The van der Waals surface area contributed by atoms with Crippen molar-refractivity contribution in [3.05, 3.63) is 0 Å². The summed E-state index contributed by atoms with van der Waals surface area (Å²) in [5.41, 5.74) is 0. The molecule has 0 aromatic heterocycles. The van der Waals surface area contributed by atoms with Crippen LogP contribution in [0.1, 0.15) is 0 Å². The summed E-state index contributed by atoms with van der Waals surface area (Å²) in [5.74, 6) is -0.830. The third kappa shape index (κ3) is 4.65. The van der Waals surface area contributed by atoms with Crippen molar-refractivity contribution in [2.45, 2.75) is 18.3 Å². The summed E-state index contributed by atoms with van der Waals surface area (Å²) in [4.78, 5) is 11.1. The van der Waals surface area contributed by atoms with E-state index in [0.29, 0.717) is 0 Å². The van der Waals surface area contributed by atoms with Crippen LogP contribution < -0.4 is 0 Å². The number of aliphatic hydroxyl groups is 5. The largest absolute Gasteiger partial charge is 0.394 e. The first-order chi connectivity index (χ1) is 7.08. The highest BCUT2D eigenvalue weighted by Gasteiger charge is 2.31. The van der Waals surface area contributed by atoms with E-state index in [9.17, 15) is 9.90 Å². The van der Waals surface area contributed by atoms with Crippen molar-refractivity contribution >= 4 is 5.78 Å². The zero-order valence-electron chi connectivity index (χ0n) is 8.11. The molecule has 0 spiro atoms. The van der Waals surface area contributed by atoms with Crippen molar-refractivity contribution in [1.29, 1.82) is 0 Å². The van der Waals surface area contributed by atoms with Gasteiger partial charge < -0.3 is 30.3 Å². The van der Waals surface area contributed by atoms with Gasteiger partial charge in [0.25, 0.3) is 0 Å². The van der Waals surface area contributed by atoms with Gasteiger partial charge in [0.05, 0.1) is 19.8 Å². The Hall–Kier alpha value is -0.570. The van der Waals surface area contributed by atoms with E-state index in [-0.39, 0.29) is 13.2 Å². The average molecular weight is 224 g/mol. The van der Waals surface area contributed by atoms with Crippen LogP contribution in [-0.2, 0) is 9.53 Å². The highest BCUT2D eigenvalue weighted by molar-refractivity contribution is 5.84. The summed E-state index contributed by atoms with van der Waals surface area (Å²) in [6.45, 7) is -2.17. The lowest BCUT2D eigenvalue weighted by atomic mass is 10.0. The molecule has 0 aliphatic heterocycles. The van der Waals surface area contributed by atoms with Gasteiger partial charge >= 0.3 is 0 Å². The molecule has 0 heterocycles. The maximum absolute atomic E-state index is 11.1. The van der Waals surface area contributed by atoms with Crippen molar-refractivity contribution in [2.75, 3.05) is 26.4 Å². The normalized spacial score (nSPS) is 17.1. The molecule has 0 aliphatic rings. The van der Waals surface area contributed by atoms with Crippen LogP contribution in [0.3, 0.4) is 0 Å². The van der Waals surface area contributed by atoms with Crippen LogP contribution in [-0.4, -0.2) is 76.1 Å². The highest BCUT2D eigenvalue weighted by Crippen LogP contribution is 2.06. The summed E-state index contributed by atoms with van der Waals surface area (Å²) in [5, 5.41) is 44.0. The molecular formula is C8H16O7. The molecule has 0 radical (unpaired) electrons. The Kier molecular flexibility index (Phi) is 7.39. The maximum atomic E-state index is 11.1. The molecule has 0 saturated heterocycles. The van der Waals surface area contributed by atoms with Gasteiger partial charge in [-0.15, -0.1) is 0 Å². The monoisotopic (exact) mass is 224 g/mol. The fraction of sp³-hybridized carbons (Fsp3) is 0.875. The molecule has 0 unspecified atom stereocenters. The zero-order chi connectivity index (χ0) is 11.8. The third-order valence-corrected chi connectivity index (χ3v) is 1.75. The predicted octanol–water partition coefficient (Wildman–Crippen LogP) is -3.36. The Morgan fingerprint density at radius 2 is 1.80 bits per heavy atom. The Balaban J connectivity index is 4.39. The van der Waals surface area contributed by atoms with Crippen LogP contribution in [0.15, 0.2) is 0 Å². The smallest absolute Gasteiger partial charge is 0.189 e. The molecule has 0 aromatic carbocycles. The minimum Gasteiger partial charge on any atom is -0.394 e. The SMILES string of the molecule is O=C(CO)[C@@H](OCCO)[C@H](O)[C@H](O)CO. The first-order valence-corrected chi connectivity index (χ1v) is 4.41. The standard InChI is InChI=1S/C8H16O7/c9-1-2-15-8(6(13)4-11)7(14)5(12)3-10/h5,7-12,14H,1-4H2/t5-,7-,8-/m1/s1. The highest BCUT2D eigenvalue weighted by atomic mass is 16.5. The molecule has 15 heavy (non-hydrogen) atoms. The van der Waals surface area contributed by atoms with E-state index in [4.69, 9.17) is 25.2 Å². The summed E-state index contributed by atoms with van der Waals surface area (Å²) in [6.07, 6.45) is -4.63. The van der Waals surface area contributed by atoms with Gasteiger partial charge in [-0.3, -0.25) is 4.79 Å². The molecule has 0 amide bonds. The Morgan fingerprint density at radius 1 is 1.20 bits per heavy atom. The summed E-state index contributed by atoms with van der Waals surface area (Å²) in [6, 6.07) is 0. The van der Waals surface area contributed by atoms with Crippen LogP contribution in [0.2, 0.25) is 0 Å². The molecule has 7 nitrogen and oxygen atoms in total. The van der Waals surface area contributed by atoms with E-state index < -0.39 is 37.3 Å². The van der Waals surface area contributed by atoms with Crippen LogP contribution in [0, 0.1) is 0 Å². The van der Waals surface area contributed by atoms with Gasteiger partial charge in [0.2, 0.25) is 0 Å². The number of carbonyl (C=O) groups is 1. The van der Waals surface area contributed by atoms with Crippen molar-refractivity contribution in [2.24, 2.45) is 0 Å². The molecular weight excluding hydrogens is 208 g/mol. The van der Waals surface area contributed by atoms with E-state index >= 15 is 0 Å². The molecule has 0 aliphatic carbocycles. The molecule has 5 N–H and O–H groups in total. The number of hydrogen-bond donors (Lipinski definition) is 5. The predicted molar refractivity (Wildman–Crippen MR) is 48.0 cm³/mol. The van der Waals surface area contributed by atoms with Crippen LogP contribution in [0.25, 0.3) is 0 Å². The molecule has 0 saturated carbocycles. The van der Waals surface area contributed by atoms with Crippen molar-refractivity contribution in [3.63, 3.8) is 0 Å². The van der Waals surface area contributed by atoms with Gasteiger partial charge in [0.1, 0.15) is 24.9 Å². The first-order valence-electron chi connectivity index (χ1n) is 4.41. The second-order valence-corrected chi connectivity index (χ2v) is 2.88. The number of ketones is 1. The molecule has 0 bridgehead atoms. The van der Waals surface area contributed by atoms with E-state index in [1.807, 2.05) is 0 Å². The number of rotatable bonds is 8. The van der Waals surface area contributed by atoms with Gasteiger partial charge in [-0.2, -0.15) is 0 Å². The lowest BCUT2D eigenvalue weighted by molar-refractivity contribution is -0.151. The Morgan fingerprint density at radius 3 is 2.20 bits per heavy atom. The van der Waals surface area contributed by atoms with Gasteiger partial charge in [-0.1, -0.05) is 0 Å². The van der Waals surface area contributed by atoms with Gasteiger partial charge in [-0.25, -0.2) is 0 Å². The second kappa shape index (κ2) is 7.69. The zero-order valence-corrected chi connectivity index (χ0v) is 8.11. The molecule has 0 fully saturated rings. The average Bonchev–Trinajstić information content (AvgIpc) is 2.27. The first kappa shape index (κ1) is 14.4. The van der Waals surface area contributed by atoms with Crippen LogP contribution in [0.5, 0.6) is 0 Å². The van der Waals surface area contributed by atoms with Crippen molar-refractivity contribution < 1.29 is 35.1 Å². The minimum atomic E-state index is -1.64. The van der Waals surface area contributed by atoms with Gasteiger partial charge in [0, 0.05) is 0 Å². The molecule has 0 aromatic rings. The van der Waals surface area contributed by atoms with Crippen molar-refractivity contribution in [3.8, 4) is 0 Å². The summed E-state index contributed by atoms with van der Waals surface area (Å²) < 4.78 is 4.75. The van der Waals surface area contributed by atoms with E-state index in [1.54, 1.807) is 0 Å². The topological polar surface area (TPSA) is 127 Å². The van der Waals surface area contributed by atoms with E-state index in [2.05, 4.69) is 0 Å². The summed E-state index contributed by atoms with van der Waals surface area (Å²) >= 11 is 0. The number of Topliss-reactive ketones (excluding diaryl/α,β-unsaturated/α-hetero) is 1. The lowest BCUT2D eigenvalue weighted by Gasteiger charge is -2.24. The van der Waals surface area contributed by atoms with Crippen LogP contribution >= 0.6 is 0 Å². The molecule has 90 valence electrons. The second-order valence-electron chi connectivity index (χ2n) is 2.88. The van der Waals surface area contributed by atoms with E-state index in [1.165, 1.54) is 0 Å². The Labute approximate surface area is 86.5 Å². The van der Waals surface area contributed by atoms with Gasteiger partial charge in [0.15, 0.2) is 5.78 Å².